The summed E-state index contributed by atoms with van der Waals surface area (Å²) in [5.41, 5.74) is 0.626. The molecule has 0 saturated carbocycles. The van der Waals surface area contributed by atoms with Crippen LogP contribution in [0.4, 0.5) is 0 Å². The molecule has 2 bridgehead atoms. The number of nitrogens with zero attached hydrogens (tertiary/aromatic N) is 1. The summed E-state index contributed by atoms with van der Waals surface area (Å²) in [4.78, 5) is 14.6. The lowest BCUT2D eigenvalue weighted by atomic mass is 9.99. The van der Waals surface area contributed by atoms with Gasteiger partial charge in [0.05, 0.1) is 11.1 Å². The fourth-order valence-electron chi connectivity index (χ4n) is 3.26. The lowest BCUT2D eigenvalue weighted by molar-refractivity contribution is 0.0287. The molecule has 2 unspecified atom stereocenters. The lowest BCUT2D eigenvalue weighted by Crippen LogP contribution is -2.48. The fourth-order valence-corrected chi connectivity index (χ4v) is 3.69. The molecule has 2 fully saturated rings. The number of halogens is 2. The van der Waals surface area contributed by atoms with Gasteiger partial charge in [0.2, 0.25) is 0 Å². The van der Waals surface area contributed by atoms with Gasteiger partial charge in [0.25, 0.3) is 5.91 Å². The third-order valence-electron chi connectivity index (χ3n) is 4.11. The molecule has 1 N–H and O–H groups in total. The van der Waals surface area contributed by atoms with Gasteiger partial charge in [0.15, 0.2) is 0 Å². The molecule has 0 aliphatic carbocycles. The SMILES string of the molecule is O=C(c1ccc(Br)c(Cl)c1)N1C2CCC1CC(O)C2. The number of piperidine rings is 1. The average molecular weight is 345 g/mol. The van der Waals surface area contributed by atoms with E-state index in [-0.39, 0.29) is 24.1 Å². The Morgan fingerprint density at radius 3 is 2.53 bits per heavy atom. The van der Waals surface area contributed by atoms with Gasteiger partial charge in [0, 0.05) is 22.1 Å². The standard InChI is InChI=1S/C14H15BrClNO2/c15-12-4-1-8(5-13(12)16)14(19)17-9-2-3-10(17)7-11(18)6-9/h1,4-5,9-11,18H,2-3,6-7H2. The first-order chi connectivity index (χ1) is 9.06. The second-order valence-electron chi connectivity index (χ2n) is 5.35. The summed E-state index contributed by atoms with van der Waals surface area (Å²) in [7, 11) is 0. The van der Waals surface area contributed by atoms with E-state index in [4.69, 9.17) is 11.6 Å². The maximum absolute atomic E-state index is 12.6. The summed E-state index contributed by atoms with van der Waals surface area (Å²) in [6.07, 6.45) is 3.14. The molecule has 2 heterocycles. The molecule has 1 aromatic carbocycles. The van der Waals surface area contributed by atoms with Crippen molar-refractivity contribution in [3.63, 3.8) is 0 Å². The van der Waals surface area contributed by atoms with Gasteiger partial charge in [0.1, 0.15) is 0 Å². The number of aliphatic hydroxyl groups is 1. The smallest absolute Gasteiger partial charge is 0.254 e. The highest BCUT2D eigenvalue weighted by molar-refractivity contribution is 9.10. The summed E-state index contributed by atoms with van der Waals surface area (Å²) in [6, 6.07) is 5.67. The van der Waals surface area contributed by atoms with Crippen molar-refractivity contribution >= 4 is 33.4 Å². The maximum Gasteiger partial charge on any atom is 0.254 e. The average Bonchev–Trinajstić information content (AvgIpc) is 2.64. The van der Waals surface area contributed by atoms with Crippen molar-refractivity contribution in [3.8, 4) is 0 Å². The molecule has 5 heteroatoms. The first-order valence-corrected chi connectivity index (χ1v) is 7.69. The van der Waals surface area contributed by atoms with Crippen molar-refractivity contribution in [1.82, 2.24) is 4.90 Å². The number of amides is 1. The van der Waals surface area contributed by atoms with Gasteiger partial charge in [-0.25, -0.2) is 0 Å². The van der Waals surface area contributed by atoms with Gasteiger partial charge in [-0.1, -0.05) is 11.6 Å². The van der Waals surface area contributed by atoms with Crippen molar-refractivity contribution in [2.45, 2.75) is 43.9 Å². The predicted octanol–water partition coefficient (Wildman–Crippen LogP) is 3.23. The molecule has 102 valence electrons. The van der Waals surface area contributed by atoms with Crippen LogP contribution in [0.2, 0.25) is 5.02 Å². The Hall–Kier alpha value is -0.580. The number of carbonyl (C=O) groups is 1. The number of rotatable bonds is 1. The lowest BCUT2D eigenvalue weighted by Gasteiger charge is -2.37. The minimum Gasteiger partial charge on any atom is -0.393 e. The number of hydrogen-bond acceptors (Lipinski definition) is 2. The minimum atomic E-state index is -0.255. The Morgan fingerprint density at radius 2 is 1.95 bits per heavy atom. The number of fused-ring (bicyclic) bond motifs is 2. The third-order valence-corrected chi connectivity index (χ3v) is 5.34. The summed E-state index contributed by atoms with van der Waals surface area (Å²) >= 11 is 9.38. The van der Waals surface area contributed by atoms with Crippen molar-refractivity contribution < 1.29 is 9.90 Å². The quantitative estimate of drug-likeness (QED) is 0.850. The van der Waals surface area contributed by atoms with Gasteiger partial charge in [-0.2, -0.15) is 0 Å². The Labute approximate surface area is 125 Å². The summed E-state index contributed by atoms with van der Waals surface area (Å²) in [5.74, 6) is 0.0359. The molecule has 1 aromatic rings. The number of hydrogen-bond donors (Lipinski definition) is 1. The molecule has 2 atom stereocenters. The zero-order valence-electron chi connectivity index (χ0n) is 10.4. The first kappa shape index (κ1) is 13.4. The monoisotopic (exact) mass is 343 g/mol. The van der Waals surface area contributed by atoms with Crippen molar-refractivity contribution in [3.05, 3.63) is 33.3 Å². The van der Waals surface area contributed by atoms with E-state index in [9.17, 15) is 9.90 Å². The predicted molar refractivity (Wildman–Crippen MR) is 77.4 cm³/mol. The van der Waals surface area contributed by atoms with Crippen molar-refractivity contribution in [1.29, 1.82) is 0 Å². The van der Waals surface area contributed by atoms with E-state index in [1.807, 2.05) is 4.90 Å². The van der Waals surface area contributed by atoms with Crippen LogP contribution in [-0.2, 0) is 0 Å². The number of benzene rings is 1. The van der Waals surface area contributed by atoms with Crippen LogP contribution >= 0.6 is 27.5 Å². The van der Waals surface area contributed by atoms with E-state index in [0.29, 0.717) is 23.4 Å². The zero-order chi connectivity index (χ0) is 13.6. The van der Waals surface area contributed by atoms with Gasteiger partial charge >= 0.3 is 0 Å². The third kappa shape index (κ3) is 2.41. The minimum absolute atomic E-state index is 0.0359. The van der Waals surface area contributed by atoms with Crippen molar-refractivity contribution in [2.24, 2.45) is 0 Å². The molecule has 3 rings (SSSR count). The second kappa shape index (κ2) is 5.08. The van der Waals surface area contributed by atoms with Gasteiger partial charge in [-0.15, -0.1) is 0 Å². The van der Waals surface area contributed by atoms with Crippen LogP contribution in [-0.4, -0.2) is 34.1 Å². The summed E-state index contributed by atoms with van der Waals surface area (Å²) in [5, 5.41) is 10.3. The van der Waals surface area contributed by atoms with Crippen LogP contribution in [0.15, 0.2) is 22.7 Å². The van der Waals surface area contributed by atoms with E-state index in [2.05, 4.69) is 15.9 Å². The molecule has 0 aromatic heterocycles. The molecule has 3 nitrogen and oxygen atoms in total. The highest BCUT2D eigenvalue weighted by Crippen LogP contribution is 2.37. The normalized spacial score (nSPS) is 29.6. The zero-order valence-corrected chi connectivity index (χ0v) is 12.7. The Kier molecular flexibility index (Phi) is 3.58. The number of aliphatic hydroxyl groups excluding tert-OH is 1. The van der Waals surface area contributed by atoms with E-state index < -0.39 is 0 Å². The van der Waals surface area contributed by atoms with Crippen LogP contribution in [0.25, 0.3) is 0 Å². The molecular formula is C14H15BrClNO2. The topological polar surface area (TPSA) is 40.5 Å². The van der Waals surface area contributed by atoms with Gasteiger partial charge < -0.3 is 10.0 Å². The Bertz CT molecular complexity index is 508. The molecule has 1 amide bonds. The first-order valence-electron chi connectivity index (χ1n) is 6.52. The van der Waals surface area contributed by atoms with E-state index in [1.54, 1.807) is 18.2 Å². The van der Waals surface area contributed by atoms with E-state index >= 15 is 0 Å². The molecule has 19 heavy (non-hydrogen) atoms. The summed E-state index contributed by atoms with van der Waals surface area (Å²) in [6.45, 7) is 0. The van der Waals surface area contributed by atoms with Crippen LogP contribution in [0.3, 0.4) is 0 Å². The van der Waals surface area contributed by atoms with Crippen LogP contribution < -0.4 is 0 Å². The summed E-state index contributed by atoms with van der Waals surface area (Å²) < 4.78 is 0.794. The van der Waals surface area contributed by atoms with E-state index in [1.165, 1.54) is 0 Å². The maximum atomic E-state index is 12.6. The molecule has 2 saturated heterocycles. The van der Waals surface area contributed by atoms with Gasteiger partial charge in [-0.05, 0) is 59.8 Å². The highest BCUT2D eigenvalue weighted by Gasteiger charge is 2.42. The fraction of sp³-hybridized carbons (Fsp3) is 0.500. The van der Waals surface area contributed by atoms with Crippen LogP contribution in [0.5, 0.6) is 0 Å². The molecule has 2 aliphatic rings. The second-order valence-corrected chi connectivity index (χ2v) is 6.61. The Balaban J connectivity index is 1.86. The van der Waals surface area contributed by atoms with Crippen molar-refractivity contribution in [2.75, 3.05) is 0 Å². The molecule has 2 aliphatic heterocycles. The van der Waals surface area contributed by atoms with Crippen LogP contribution in [0, 0.1) is 0 Å². The molecule has 0 spiro atoms. The van der Waals surface area contributed by atoms with Crippen LogP contribution in [0.1, 0.15) is 36.0 Å². The molecule has 0 radical (unpaired) electrons. The van der Waals surface area contributed by atoms with E-state index in [0.717, 1.165) is 17.3 Å². The number of carbonyl (C=O) groups excluding carboxylic acids is 1. The Morgan fingerprint density at radius 1 is 1.32 bits per heavy atom. The molecular weight excluding hydrogens is 330 g/mol. The van der Waals surface area contributed by atoms with Gasteiger partial charge in [-0.3, -0.25) is 4.79 Å². The largest absolute Gasteiger partial charge is 0.393 e. The highest BCUT2D eigenvalue weighted by atomic mass is 79.9.